The van der Waals surface area contributed by atoms with E-state index in [1.165, 1.54) is 30.3 Å². The molecule has 9 nitrogen and oxygen atoms in total. The Morgan fingerprint density at radius 2 is 1.40 bits per heavy atom. The van der Waals surface area contributed by atoms with Crippen molar-refractivity contribution in [3.63, 3.8) is 0 Å². The van der Waals surface area contributed by atoms with E-state index in [0.29, 0.717) is 35.7 Å². The number of rotatable bonds is 5. The van der Waals surface area contributed by atoms with Crippen LogP contribution in [-0.2, 0) is 19.6 Å². The molecule has 158 valence electrons. The van der Waals surface area contributed by atoms with Gasteiger partial charge in [-0.05, 0) is 48.9 Å². The molecule has 1 fully saturated rings. The van der Waals surface area contributed by atoms with Crippen LogP contribution in [0.25, 0.3) is 0 Å². The largest absolute Gasteiger partial charge is 0.326 e. The number of carbonyl (C=O) groups is 3. The van der Waals surface area contributed by atoms with Gasteiger partial charge in [-0.3, -0.25) is 18.7 Å². The summed E-state index contributed by atoms with van der Waals surface area (Å²) in [5, 5.41) is 7.91. The normalized spacial score (nSPS) is 14.8. The molecule has 3 amide bonds. The van der Waals surface area contributed by atoms with Crippen molar-refractivity contribution in [2.45, 2.75) is 20.3 Å². The van der Waals surface area contributed by atoms with Crippen molar-refractivity contribution in [2.75, 3.05) is 32.6 Å². The number of nitrogens with one attached hydrogen (secondary N) is 3. The van der Waals surface area contributed by atoms with Gasteiger partial charge in [-0.15, -0.1) is 0 Å². The van der Waals surface area contributed by atoms with Gasteiger partial charge in [-0.2, -0.15) is 0 Å². The second kappa shape index (κ2) is 8.54. The summed E-state index contributed by atoms with van der Waals surface area (Å²) in [4.78, 5) is 35.4. The van der Waals surface area contributed by atoms with Crippen LogP contribution in [0.15, 0.2) is 42.5 Å². The third kappa shape index (κ3) is 5.15. The molecule has 0 spiro atoms. The van der Waals surface area contributed by atoms with Crippen molar-refractivity contribution in [1.29, 1.82) is 0 Å². The highest BCUT2D eigenvalue weighted by atomic mass is 32.2. The lowest BCUT2D eigenvalue weighted by Gasteiger charge is -2.17. The molecule has 30 heavy (non-hydrogen) atoms. The Balaban J connectivity index is 1.79. The standard InChI is InChI=1S/C20H22N4O5S/c1-13(25)21-17-10-15(11-18(12-17)22-14(2)26)20(27)23-16-4-6-19(7-5-16)24-8-3-9-30(24,28)29/h4-7,10-12H,3,8-9H2,1-2H3,(H,21,25)(H,22,26)(H,23,27). The number of anilines is 4. The molecule has 0 saturated carbocycles. The number of nitrogens with zero attached hydrogens (tertiary/aromatic N) is 1. The Morgan fingerprint density at radius 3 is 1.87 bits per heavy atom. The number of amides is 3. The van der Waals surface area contributed by atoms with Gasteiger partial charge in [0, 0.05) is 43.0 Å². The first-order chi connectivity index (χ1) is 14.1. The zero-order chi connectivity index (χ0) is 21.9. The molecular weight excluding hydrogens is 408 g/mol. The summed E-state index contributed by atoms with van der Waals surface area (Å²) in [5.41, 5.74) is 2.00. The third-order valence-corrected chi connectivity index (χ3v) is 6.22. The molecule has 0 aliphatic carbocycles. The van der Waals surface area contributed by atoms with Crippen molar-refractivity contribution in [3.05, 3.63) is 48.0 Å². The molecule has 3 N–H and O–H groups in total. The van der Waals surface area contributed by atoms with Gasteiger partial charge in [0.15, 0.2) is 0 Å². The fourth-order valence-electron chi connectivity index (χ4n) is 3.15. The van der Waals surface area contributed by atoms with Gasteiger partial charge >= 0.3 is 0 Å². The Kier molecular flexibility index (Phi) is 6.06. The van der Waals surface area contributed by atoms with Crippen LogP contribution < -0.4 is 20.3 Å². The van der Waals surface area contributed by atoms with E-state index in [1.807, 2.05) is 0 Å². The second-order valence-corrected chi connectivity index (χ2v) is 8.92. The van der Waals surface area contributed by atoms with E-state index in [0.717, 1.165) is 0 Å². The summed E-state index contributed by atoms with van der Waals surface area (Å²) in [6, 6.07) is 11.0. The van der Waals surface area contributed by atoms with Crippen LogP contribution in [0.5, 0.6) is 0 Å². The van der Waals surface area contributed by atoms with Crippen molar-refractivity contribution >= 4 is 50.5 Å². The summed E-state index contributed by atoms with van der Waals surface area (Å²) in [6.07, 6.45) is 0.585. The highest BCUT2D eigenvalue weighted by Gasteiger charge is 2.28. The average molecular weight is 430 g/mol. The van der Waals surface area contributed by atoms with Crippen LogP contribution in [-0.4, -0.2) is 38.4 Å². The number of benzene rings is 2. The molecule has 1 aliphatic rings. The van der Waals surface area contributed by atoms with Gasteiger partial charge < -0.3 is 16.0 Å². The molecular formula is C20H22N4O5S. The predicted octanol–water partition coefficient (Wildman–Crippen LogP) is 2.40. The first-order valence-corrected chi connectivity index (χ1v) is 10.9. The topological polar surface area (TPSA) is 125 Å². The molecule has 2 aromatic carbocycles. The molecule has 3 rings (SSSR count). The number of sulfonamides is 1. The van der Waals surface area contributed by atoms with E-state index in [1.54, 1.807) is 30.3 Å². The van der Waals surface area contributed by atoms with E-state index >= 15 is 0 Å². The van der Waals surface area contributed by atoms with Gasteiger partial charge in [-0.1, -0.05) is 0 Å². The van der Waals surface area contributed by atoms with E-state index in [2.05, 4.69) is 16.0 Å². The highest BCUT2D eigenvalue weighted by Crippen LogP contribution is 2.26. The van der Waals surface area contributed by atoms with Crippen molar-refractivity contribution in [1.82, 2.24) is 0 Å². The van der Waals surface area contributed by atoms with E-state index in [4.69, 9.17) is 0 Å². The lowest BCUT2D eigenvalue weighted by molar-refractivity contribution is -0.115. The minimum atomic E-state index is -3.27. The monoisotopic (exact) mass is 430 g/mol. The summed E-state index contributed by atoms with van der Waals surface area (Å²) >= 11 is 0. The Morgan fingerprint density at radius 1 is 0.833 bits per heavy atom. The first kappa shape index (κ1) is 21.3. The molecule has 0 aromatic heterocycles. The van der Waals surface area contributed by atoms with Gasteiger partial charge in [0.2, 0.25) is 21.8 Å². The molecule has 1 heterocycles. The smallest absolute Gasteiger partial charge is 0.255 e. The fraction of sp³-hybridized carbons (Fsp3) is 0.250. The molecule has 2 aromatic rings. The molecule has 1 aliphatic heterocycles. The van der Waals surface area contributed by atoms with Crippen LogP contribution in [0.3, 0.4) is 0 Å². The summed E-state index contributed by atoms with van der Waals surface area (Å²) in [6.45, 7) is 3.12. The quantitative estimate of drug-likeness (QED) is 0.672. The van der Waals surface area contributed by atoms with Gasteiger partial charge in [0.1, 0.15) is 0 Å². The van der Waals surface area contributed by atoms with Crippen molar-refractivity contribution in [2.24, 2.45) is 0 Å². The van der Waals surface area contributed by atoms with Crippen LogP contribution in [0.4, 0.5) is 22.7 Å². The minimum absolute atomic E-state index is 0.132. The zero-order valence-corrected chi connectivity index (χ0v) is 17.4. The molecule has 0 bridgehead atoms. The lowest BCUT2D eigenvalue weighted by Crippen LogP contribution is -2.25. The lowest BCUT2D eigenvalue weighted by atomic mass is 10.1. The fourth-order valence-corrected chi connectivity index (χ4v) is 4.72. The van der Waals surface area contributed by atoms with Crippen molar-refractivity contribution in [3.8, 4) is 0 Å². The van der Waals surface area contributed by atoms with E-state index in [-0.39, 0.29) is 23.1 Å². The molecule has 0 radical (unpaired) electrons. The minimum Gasteiger partial charge on any atom is -0.326 e. The Labute approximate surface area is 174 Å². The SMILES string of the molecule is CC(=O)Nc1cc(NC(C)=O)cc(C(=O)Nc2ccc(N3CCCS3(=O)=O)cc2)c1. The molecule has 0 atom stereocenters. The maximum absolute atomic E-state index is 12.7. The summed E-state index contributed by atoms with van der Waals surface area (Å²) in [7, 11) is -3.27. The van der Waals surface area contributed by atoms with E-state index in [9.17, 15) is 22.8 Å². The highest BCUT2D eigenvalue weighted by molar-refractivity contribution is 7.93. The summed E-state index contributed by atoms with van der Waals surface area (Å²) < 4.78 is 25.4. The van der Waals surface area contributed by atoms with Gasteiger partial charge in [0.05, 0.1) is 11.4 Å². The molecule has 0 unspecified atom stereocenters. The average Bonchev–Trinajstić information content (AvgIpc) is 3.00. The van der Waals surface area contributed by atoms with Gasteiger partial charge in [0.25, 0.3) is 5.91 Å². The van der Waals surface area contributed by atoms with Crippen LogP contribution >= 0.6 is 0 Å². The molecule has 1 saturated heterocycles. The Hall–Kier alpha value is -3.40. The summed E-state index contributed by atoms with van der Waals surface area (Å²) in [5.74, 6) is -0.940. The predicted molar refractivity (Wildman–Crippen MR) is 115 cm³/mol. The van der Waals surface area contributed by atoms with Crippen LogP contribution in [0.1, 0.15) is 30.6 Å². The van der Waals surface area contributed by atoms with Crippen molar-refractivity contribution < 1.29 is 22.8 Å². The number of hydrogen-bond donors (Lipinski definition) is 3. The third-order valence-electron chi connectivity index (χ3n) is 4.35. The number of carbonyl (C=O) groups excluding carboxylic acids is 3. The second-order valence-electron chi connectivity index (χ2n) is 6.90. The van der Waals surface area contributed by atoms with E-state index < -0.39 is 15.9 Å². The zero-order valence-electron chi connectivity index (χ0n) is 16.6. The Bertz CT molecular complexity index is 1060. The number of hydrogen-bond acceptors (Lipinski definition) is 5. The van der Waals surface area contributed by atoms with Crippen LogP contribution in [0, 0.1) is 0 Å². The van der Waals surface area contributed by atoms with Gasteiger partial charge in [-0.25, -0.2) is 8.42 Å². The van der Waals surface area contributed by atoms with Crippen LogP contribution in [0.2, 0.25) is 0 Å². The molecule has 10 heteroatoms. The maximum Gasteiger partial charge on any atom is 0.255 e. The maximum atomic E-state index is 12.7. The first-order valence-electron chi connectivity index (χ1n) is 9.26.